The molecule has 0 spiro atoms. The van der Waals surface area contributed by atoms with Gasteiger partial charge < -0.3 is 10.4 Å². The molecule has 0 aliphatic carbocycles. The highest BCUT2D eigenvalue weighted by molar-refractivity contribution is 7.12. The molecule has 102 valence electrons. The van der Waals surface area contributed by atoms with Crippen LogP contribution in [0.2, 0.25) is 0 Å². The second-order valence-electron chi connectivity index (χ2n) is 4.34. The number of hydrogen-bond acceptors (Lipinski definition) is 5. The Hall–Kier alpha value is -1.24. The van der Waals surface area contributed by atoms with Crippen molar-refractivity contribution >= 4 is 28.6 Å². The summed E-state index contributed by atoms with van der Waals surface area (Å²) < 4.78 is 0. The fourth-order valence-corrected chi connectivity index (χ4v) is 3.42. The molecule has 0 saturated carbocycles. The number of carbonyl (C=O) groups is 1. The van der Waals surface area contributed by atoms with Gasteiger partial charge in [-0.2, -0.15) is 0 Å². The van der Waals surface area contributed by atoms with E-state index in [1.54, 1.807) is 22.7 Å². The lowest BCUT2D eigenvalue weighted by Crippen LogP contribution is -2.18. The number of thiophene rings is 1. The summed E-state index contributed by atoms with van der Waals surface area (Å²) in [6.45, 7) is 3.80. The Kier molecular flexibility index (Phi) is 5.07. The van der Waals surface area contributed by atoms with Crippen molar-refractivity contribution in [1.29, 1.82) is 0 Å². The van der Waals surface area contributed by atoms with Gasteiger partial charge in [-0.15, -0.1) is 22.7 Å². The number of thiazole rings is 1. The van der Waals surface area contributed by atoms with Crippen molar-refractivity contribution < 1.29 is 9.90 Å². The predicted octanol–water partition coefficient (Wildman–Crippen LogP) is 2.73. The molecule has 0 radical (unpaired) electrons. The van der Waals surface area contributed by atoms with Crippen LogP contribution in [-0.4, -0.2) is 22.6 Å². The van der Waals surface area contributed by atoms with Crippen molar-refractivity contribution in [3.05, 3.63) is 38.5 Å². The predicted molar refractivity (Wildman–Crippen MR) is 77.9 cm³/mol. The number of rotatable bonds is 7. The minimum atomic E-state index is -0.779. The molecule has 0 aliphatic heterocycles. The fraction of sp³-hybridized carbons (Fsp3) is 0.385. The van der Waals surface area contributed by atoms with Crippen molar-refractivity contribution in [2.75, 3.05) is 6.54 Å². The van der Waals surface area contributed by atoms with Crippen molar-refractivity contribution in [3.8, 4) is 0 Å². The van der Waals surface area contributed by atoms with Gasteiger partial charge in [-0.3, -0.25) is 4.79 Å². The largest absolute Gasteiger partial charge is 0.481 e. The summed E-state index contributed by atoms with van der Waals surface area (Å²) in [5, 5.41) is 15.2. The highest BCUT2D eigenvalue weighted by Crippen LogP contribution is 2.19. The van der Waals surface area contributed by atoms with E-state index in [2.05, 4.69) is 17.2 Å². The lowest BCUT2D eigenvalue weighted by Gasteiger charge is -2.08. The molecule has 0 saturated heterocycles. The second-order valence-corrected chi connectivity index (χ2v) is 6.52. The molecule has 0 aromatic carbocycles. The van der Waals surface area contributed by atoms with Crippen LogP contribution in [0.1, 0.15) is 27.6 Å². The SMILES string of the molecule is CC(CNCc1ccc(CC(=O)O)s1)c1nccs1. The summed E-state index contributed by atoms with van der Waals surface area (Å²) in [6, 6.07) is 3.88. The number of nitrogens with zero attached hydrogens (tertiary/aromatic N) is 1. The Morgan fingerprint density at radius 1 is 1.47 bits per heavy atom. The highest BCUT2D eigenvalue weighted by atomic mass is 32.1. The number of aromatic nitrogens is 1. The van der Waals surface area contributed by atoms with Crippen LogP contribution in [-0.2, 0) is 17.8 Å². The standard InChI is InChI=1S/C13H16N2O2S2/c1-9(13-15-4-5-18-13)7-14-8-11-3-2-10(19-11)6-12(16)17/h2-5,9,14H,6-8H2,1H3,(H,16,17). The van der Waals surface area contributed by atoms with Crippen LogP contribution in [0, 0.1) is 0 Å². The van der Waals surface area contributed by atoms with Crippen molar-refractivity contribution in [3.63, 3.8) is 0 Å². The second kappa shape index (κ2) is 6.79. The zero-order valence-corrected chi connectivity index (χ0v) is 12.3. The maximum Gasteiger partial charge on any atom is 0.308 e. The van der Waals surface area contributed by atoms with E-state index in [9.17, 15) is 4.79 Å². The van der Waals surface area contributed by atoms with Crippen molar-refractivity contribution in [2.24, 2.45) is 0 Å². The number of carboxylic acid groups (broad SMARTS) is 1. The van der Waals surface area contributed by atoms with Gasteiger partial charge >= 0.3 is 5.97 Å². The third-order valence-corrected chi connectivity index (χ3v) is 4.76. The van der Waals surface area contributed by atoms with E-state index in [1.807, 2.05) is 23.7 Å². The zero-order chi connectivity index (χ0) is 13.7. The molecule has 4 nitrogen and oxygen atoms in total. The molecule has 6 heteroatoms. The molecule has 0 bridgehead atoms. The van der Waals surface area contributed by atoms with Gasteiger partial charge in [0.25, 0.3) is 0 Å². The summed E-state index contributed by atoms with van der Waals surface area (Å²) >= 11 is 3.23. The number of aliphatic carboxylic acids is 1. The van der Waals surface area contributed by atoms with Crippen molar-refractivity contribution in [1.82, 2.24) is 10.3 Å². The minimum Gasteiger partial charge on any atom is -0.481 e. The van der Waals surface area contributed by atoms with E-state index in [4.69, 9.17) is 5.11 Å². The molecule has 2 aromatic heterocycles. The molecule has 19 heavy (non-hydrogen) atoms. The van der Waals surface area contributed by atoms with Crippen LogP contribution in [0.5, 0.6) is 0 Å². The maximum absolute atomic E-state index is 10.6. The van der Waals surface area contributed by atoms with Crippen LogP contribution in [0.25, 0.3) is 0 Å². The van der Waals surface area contributed by atoms with Crippen LogP contribution in [0.3, 0.4) is 0 Å². The number of carboxylic acids is 1. The smallest absolute Gasteiger partial charge is 0.308 e. The first-order valence-electron chi connectivity index (χ1n) is 6.04. The van der Waals surface area contributed by atoms with E-state index in [1.165, 1.54) is 4.88 Å². The van der Waals surface area contributed by atoms with Gasteiger partial charge in [-0.1, -0.05) is 6.92 Å². The summed E-state index contributed by atoms with van der Waals surface area (Å²) in [6.07, 6.45) is 1.94. The summed E-state index contributed by atoms with van der Waals surface area (Å²) in [4.78, 5) is 17.0. The lowest BCUT2D eigenvalue weighted by atomic mass is 10.2. The van der Waals surface area contributed by atoms with Gasteiger partial charge in [0.15, 0.2) is 0 Å². The molecule has 1 unspecified atom stereocenters. The molecular formula is C13H16N2O2S2. The number of hydrogen-bond donors (Lipinski definition) is 2. The first kappa shape index (κ1) is 14.2. The van der Waals surface area contributed by atoms with Gasteiger partial charge in [0.1, 0.15) is 0 Å². The molecule has 2 heterocycles. The van der Waals surface area contributed by atoms with Gasteiger partial charge in [0.05, 0.1) is 11.4 Å². The van der Waals surface area contributed by atoms with E-state index in [0.29, 0.717) is 5.92 Å². The van der Waals surface area contributed by atoms with E-state index in [-0.39, 0.29) is 6.42 Å². The molecule has 2 rings (SSSR count). The summed E-state index contributed by atoms with van der Waals surface area (Å²) in [5.74, 6) is -0.378. The maximum atomic E-state index is 10.6. The monoisotopic (exact) mass is 296 g/mol. The van der Waals surface area contributed by atoms with Gasteiger partial charge in [-0.05, 0) is 12.1 Å². The Morgan fingerprint density at radius 3 is 2.95 bits per heavy atom. The quantitative estimate of drug-likeness (QED) is 0.824. The first-order chi connectivity index (χ1) is 9.15. The van der Waals surface area contributed by atoms with Crippen LogP contribution in [0.4, 0.5) is 0 Å². The molecule has 0 aliphatic rings. The lowest BCUT2D eigenvalue weighted by molar-refractivity contribution is -0.136. The zero-order valence-electron chi connectivity index (χ0n) is 10.6. The average Bonchev–Trinajstić information content (AvgIpc) is 2.99. The molecule has 1 atom stereocenters. The fourth-order valence-electron chi connectivity index (χ4n) is 1.74. The van der Waals surface area contributed by atoms with Crippen LogP contribution < -0.4 is 5.32 Å². The van der Waals surface area contributed by atoms with Gasteiger partial charge in [-0.25, -0.2) is 4.98 Å². The minimum absolute atomic E-state index is 0.111. The molecule has 0 amide bonds. The Bertz CT molecular complexity index is 522. The van der Waals surface area contributed by atoms with E-state index in [0.717, 1.165) is 23.0 Å². The molecular weight excluding hydrogens is 280 g/mol. The third kappa shape index (κ3) is 4.41. The van der Waals surface area contributed by atoms with E-state index >= 15 is 0 Å². The van der Waals surface area contributed by atoms with Crippen molar-refractivity contribution in [2.45, 2.75) is 25.8 Å². The highest BCUT2D eigenvalue weighted by Gasteiger charge is 2.08. The Morgan fingerprint density at radius 2 is 2.26 bits per heavy atom. The van der Waals surface area contributed by atoms with Gasteiger partial charge in [0.2, 0.25) is 0 Å². The summed E-state index contributed by atoms with van der Waals surface area (Å²) in [7, 11) is 0. The first-order valence-corrected chi connectivity index (χ1v) is 7.74. The molecule has 2 aromatic rings. The van der Waals surface area contributed by atoms with E-state index < -0.39 is 5.97 Å². The third-order valence-electron chi connectivity index (χ3n) is 2.67. The topological polar surface area (TPSA) is 62.2 Å². The average molecular weight is 296 g/mol. The molecule has 2 N–H and O–H groups in total. The number of nitrogens with one attached hydrogen (secondary N) is 1. The van der Waals surface area contributed by atoms with Crippen LogP contribution in [0.15, 0.2) is 23.7 Å². The summed E-state index contributed by atoms with van der Waals surface area (Å²) in [5.41, 5.74) is 0. The normalized spacial score (nSPS) is 12.5. The Labute approximate surface area is 120 Å². The van der Waals surface area contributed by atoms with Crippen LogP contribution >= 0.6 is 22.7 Å². The Balaban J connectivity index is 1.76. The van der Waals surface area contributed by atoms with Gasteiger partial charge in [0, 0.05) is 40.3 Å². The molecule has 0 fully saturated rings.